The molecule has 4 nitrogen and oxygen atoms in total. The number of nitrogens with zero attached hydrogens (tertiary/aromatic N) is 2. The van der Waals surface area contributed by atoms with Crippen molar-refractivity contribution >= 4 is 17.6 Å². The predicted octanol–water partition coefficient (Wildman–Crippen LogP) is 4.04. The fourth-order valence-electron chi connectivity index (χ4n) is 4.52. The van der Waals surface area contributed by atoms with Crippen molar-refractivity contribution in [1.82, 2.24) is 9.78 Å². The van der Waals surface area contributed by atoms with Crippen LogP contribution in [0.15, 0.2) is 30.5 Å². The maximum absolute atomic E-state index is 12.8. The fraction of sp³-hybridized carbons (Fsp3) is 0.444. The Kier molecular flexibility index (Phi) is 2.95. The molecule has 0 amide bonds. The van der Waals surface area contributed by atoms with Gasteiger partial charge in [0.2, 0.25) is 0 Å². The Bertz CT molecular complexity index is 811. The van der Waals surface area contributed by atoms with Gasteiger partial charge in [0, 0.05) is 12.5 Å². The number of rotatable bonds is 2. The highest BCUT2D eigenvalue weighted by Crippen LogP contribution is 2.68. The summed E-state index contributed by atoms with van der Waals surface area (Å²) in [5.74, 6) is 0.0319. The van der Waals surface area contributed by atoms with Gasteiger partial charge < -0.3 is 4.74 Å². The summed E-state index contributed by atoms with van der Waals surface area (Å²) in [6.07, 6.45) is 3.37. The number of carbonyl (C=O) groups excluding carboxylic acids is 1. The molecule has 4 rings (SSSR count). The van der Waals surface area contributed by atoms with Gasteiger partial charge in [0.1, 0.15) is 16.3 Å². The van der Waals surface area contributed by atoms with Crippen molar-refractivity contribution in [3.05, 3.63) is 52.3 Å². The second-order valence-corrected chi connectivity index (χ2v) is 7.45. The Morgan fingerprint density at radius 2 is 2.13 bits per heavy atom. The Morgan fingerprint density at radius 3 is 2.83 bits per heavy atom. The van der Waals surface area contributed by atoms with Gasteiger partial charge in [-0.25, -0.2) is 4.79 Å². The molecular weight excluding hydrogens is 312 g/mol. The second kappa shape index (κ2) is 4.60. The number of halogens is 1. The number of aryl methyl sites for hydroxylation is 1. The van der Waals surface area contributed by atoms with E-state index in [9.17, 15) is 4.79 Å². The van der Waals surface area contributed by atoms with Crippen LogP contribution in [-0.4, -0.2) is 15.7 Å². The number of aromatic nitrogens is 2. The Labute approximate surface area is 140 Å². The van der Waals surface area contributed by atoms with Crippen LogP contribution < -0.4 is 0 Å². The third-order valence-corrected chi connectivity index (χ3v) is 6.27. The molecule has 0 N–H and O–H groups in total. The smallest absolute Gasteiger partial charge is 0.343 e. The molecule has 1 heterocycles. The minimum absolute atomic E-state index is 0.124. The molecule has 120 valence electrons. The molecule has 2 aromatic rings. The zero-order valence-corrected chi connectivity index (χ0v) is 14.2. The average Bonchev–Trinajstić information content (AvgIpc) is 3.05. The Hall–Kier alpha value is -1.81. The summed E-state index contributed by atoms with van der Waals surface area (Å²) in [5.41, 5.74) is 2.08. The molecule has 1 fully saturated rings. The van der Waals surface area contributed by atoms with Crippen LogP contribution in [0.4, 0.5) is 0 Å². The second-order valence-electron chi connectivity index (χ2n) is 7.09. The summed E-state index contributed by atoms with van der Waals surface area (Å²) in [4.78, 5) is 12.8. The van der Waals surface area contributed by atoms with Crippen molar-refractivity contribution in [3.8, 4) is 0 Å². The van der Waals surface area contributed by atoms with E-state index in [2.05, 4.69) is 37.1 Å². The quantitative estimate of drug-likeness (QED) is 0.780. The minimum Gasteiger partial charge on any atom is -0.450 e. The lowest BCUT2D eigenvalue weighted by atomic mass is 9.76. The van der Waals surface area contributed by atoms with Crippen LogP contribution in [0.5, 0.6) is 0 Å². The molecule has 1 saturated carbocycles. The predicted molar refractivity (Wildman–Crippen MR) is 87.5 cm³/mol. The summed E-state index contributed by atoms with van der Waals surface area (Å²) in [6, 6.07) is 8.33. The van der Waals surface area contributed by atoms with E-state index in [1.54, 1.807) is 7.05 Å². The number of esters is 1. The van der Waals surface area contributed by atoms with Crippen LogP contribution in [0.1, 0.15) is 54.1 Å². The number of fused-ring (bicyclic) bond motifs is 5. The van der Waals surface area contributed by atoms with Crippen molar-refractivity contribution in [1.29, 1.82) is 0 Å². The monoisotopic (exact) mass is 330 g/mol. The lowest BCUT2D eigenvalue weighted by Crippen LogP contribution is -2.39. The zero-order chi connectivity index (χ0) is 16.4. The topological polar surface area (TPSA) is 44.1 Å². The van der Waals surface area contributed by atoms with Gasteiger partial charge in [-0.3, -0.25) is 4.68 Å². The van der Waals surface area contributed by atoms with Crippen LogP contribution in [-0.2, 0) is 17.4 Å². The van der Waals surface area contributed by atoms with Crippen molar-refractivity contribution in [2.24, 2.45) is 12.5 Å². The maximum atomic E-state index is 12.8. The van der Waals surface area contributed by atoms with Gasteiger partial charge in [0.05, 0.1) is 6.20 Å². The van der Waals surface area contributed by atoms with E-state index in [0.717, 1.165) is 18.4 Å². The van der Waals surface area contributed by atoms with Gasteiger partial charge in [-0.05, 0) is 29.9 Å². The molecule has 0 radical (unpaired) electrons. The molecule has 2 aliphatic carbocycles. The molecule has 2 unspecified atom stereocenters. The van der Waals surface area contributed by atoms with Crippen LogP contribution in [0, 0.1) is 5.41 Å². The summed E-state index contributed by atoms with van der Waals surface area (Å²) in [7, 11) is 1.71. The third kappa shape index (κ3) is 1.73. The molecule has 2 bridgehead atoms. The molecule has 0 spiro atoms. The first-order valence-corrected chi connectivity index (χ1v) is 8.26. The van der Waals surface area contributed by atoms with Gasteiger partial charge in [-0.1, -0.05) is 49.7 Å². The van der Waals surface area contributed by atoms with E-state index in [1.807, 2.05) is 6.07 Å². The third-order valence-electron chi connectivity index (χ3n) is 5.82. The van der Waals surface area contributed by atoms with Gasteiger partial charge in [0.25, 0.3) is 0 Å². The van der Waals surface area contributed by atoms with E-state index < -0.39 is 11.6 Å². The molecular formula is C18H19ClN2O2. The highest BCUT2D eigenvalue weighted by Gasteiger charge is 2.64. The standard InChI is InChI=1S/C18H19ClN2O2/c1-17(2)13-8-9-18(17,14-7-5-4-6-11(13)14)23-16(22)12-10-20-21(3)15(12)19/h4-7,10,13H,8-9H2,1-3H3. The first-order chi connectivity index (χ1) is 10.9. The Morgan fingerprint density at radius 1 is 1.39 bits per heavy atom. The molecule has 1 aromatic carbocycles. The van der Waals surface area contributed by atoms with E-state index in [-0.39, 0.29) is 5.41 Å². The number of hydrogen-bond donors (Lipinski definition) is 0. The fourth-order valence-corrected chi connectivity index (χ4v) is 4.69. The van der Waals surface area contributed by atoms with E-state index in [4.69, 9.17) is 16.3 Å². The normalized spacial score (nSPS) is 27.0. The number of ether oxygens (including phenoxy) is 1. The Balaban J connectivity index is 1.78. The van der Waals surface area contributed by atoms with Crippen LogP contribution in [0.3, 0.4) is 0 Å². The summed E-state index contributed by atoms with van der Waals surface area (Å²) in [6.45, 7) is 4.39. The molecule has 0 aliphatic heterocycles. The largest absolute Gasteiger partial charge is 0.450 e. The average molecular weight is 331 g/mol. The first kappa shape index (κ1) is 14.8. The molecule has 2 atom stereocenters. The zero-order valence-electron chi connectivity index (χ0n) is 13.5. The van der Waals surface area contributed by atoms with Gasteiger partial charge in [0.15, 0.2) is 0 Å². The lowest BCUT2D eigenvalue weighted by Gasteiger charge is -2.38. The maximum Gasteiger partial charge on any atom is 0.343 e. The van der Waals surface area contributed by atoms with Gasteiger partial charge in [-0.2, -0.15) is 5.10 Å². The summed E-state index contributed by atoms with van der Waals surface area (Å²) in [5, 5.41) is 4.35. The van der Waals surface area contributed by atoms with Gasteiger partial charge >= 0.3 is 5.97 Å². The highest BCUT2D eigenvalue weighted by atomic mass is 35.5. The molecule has 1 aromatic heterocycles. The highest BCUT2D eigenvalue weighted by molar-refractivity contribution is 6.32. The number of benzene rings is 1. The van der Waals surface area contributed by atoms with Crippen molar-refractivity contribution < 1.29 is 9.53 Å². The van der Waals surface area contributed by atoms with Gasteiger partial charge in [-0.15, -0.1) is 0 Å². The van der Waals surface area contributed by atoms with E-state index in [0.29, 0.717) is 16.6 Å². The SMILES string of the molecule is Cn1ncc(C(=O)OC23CCC(c4ccccc42)C3(C)C)c1Cl. The van der Waals surface area contributed by atoms with Crippen molar-refractivity contribution in [2.75, 3.05) is 0 Å². The lowest BCUT2D eigenvalue weighted by molar-refractivity contribution is -0.0682. The van der Waals surface area contributed by atoms with E-state index >= 15 is 0 Å². The summed E-state index contributed by atoms with van der Waals surface area (Å²) >= 11 is 6.16. The molecule has 23 heavy (non-hydrogen) atoms. The number of carbonyl (C=O) groups is 1. The van der Waals surface area contributed by atoms with Crippen molar-refractivity contribution in [3.63, 3.8) is 0 Å². The molecule has 2 aliphatic rings. The first-order valence-electron chi connectivity index (χ1n) is 7.89. The van der Waals surface area contributed by atoms with Crippen LogP contribution >= 0.6 is 11.6 Å². The van der Waals surface area contributed by atoms with Crippen LogP contribution in [0.25, 0.3) is 0 Å². The minimum atomic E-state index is -0.579. The number of hydrogen-bond acceptors (Lipinski definition) is 3. The van der Waals surface area contributed by atoms with Crippen LogP contribution in [0.2, 0.25) is 5.15 Å². The molecule has 0 saturated heterocycles. The summed E-state index contributed by atoms with van der Waals surface area (Å²) < 4.78 is 7.61. The molecule has 5 heteroatoms. The van der Waals surface area contributed by atoms with E-state index in [1.165, 1.54) is 16.4 Å². The van der Waals surface area contributed by atoms with Crippen molar-refractivity contribution in [2.45, 2.75) is 38.2 Å².